The molecule has 0 fully saturated rings. The van der Waals surface area contributed by atoms with Gasteiger partial charge in [-0.3, -0.25) is 4.79 Å². The van der Waals surface area contributed by atoms with Crippen LogP contribution in [-0.4, -0.2) is 26.5 Å². The Morgan fingerprint density at radius 2 is 2.33 bits per heavy atom. The Hall–Kier alpha value is -2.15. The summed E-state index contributed by atoms with van der Waals surface area (Å²) < 4.78 is 0. The second-order valence-corrected chi connectivity index (χ2v) is 4.05. The maximum absolute atomic E-state index is 12.0. The molecule has 0 aliphatic rings. The van der Waals surface area contributed by atoms with Crippen LogP contribution in [0.25, 0.3) is 0 Å². The number of aromatic nitrogens is 4. The normalized spacial score (nSPS) is 12.1. The molecule has 8 heteroatoms. The number of benzene rings is 1. The number of amides is 1. The first kappa shape index (κ1) is 12.3. The number of halogens is 1. The van der Waals surface area contributed by atoms with Crippen LogP contribution in [0.1, 0.15) is 29.1 Å². The largest absolute Gasteiger partial charge is 0.398 e. The number of nitrogens with two attached hydrogens (primary N) is 1. The molecule has 0 saturated carbocycles. The van der Waals surface area contributed by atoms with E-state index in [1.165, 1.54) is 0 Å². The standard InChI is InChI=1S/C10H11ClN6O/c1-5(9-14-16-17-15-9)13-10(18)6-3-2-4-7(12)8(6)11/h2-5H,12H2,1H3,(H,13,18)(H,14,15,16,17). The third-order valence-electron chi connectivity index (χ3n) is 2.37. The number of hydrogen-bond donors (Lipinski definition) is 3. The highest BCUT2D eigenvalue weighted by molar-refractivity contribution is 6.36. The minimum atomic E-state index is -0.381. The average Bonchev–Trinajstić information content (AvgIpc) is 2.86. The number of tetrazole rings is 1. The van der Waals surface area contributed by atoms with E-state index in [0.29, 0.717) is 17.1 Å². The third kappa shape index (κ3) is 2.40. The Kier molecular flexibility index (Phi) is 3.42. The first-order valence-electron chi connectivity index (χ1n) is 5.17. The summed E-state index contributed by atoms with van der Waals surface area (Å²) in [4.78, 5) is 12.0. The molecule has 0 saturated heterocycles. The fraction of sp³-hybridized carbons (Fsp3) is 0.200. The Bertz CT molecular complexity index is 556. The van der Waals surface area contributed by atoms with Gasteiger partial charge in [0.2, 0.25) is 0 Å². The number of nitrogens with one attached hydrogen (secondary N) is 2. The molecule has 1 unspecified atom stereocenters. The molecule has 7 nitrogen and oxygen atoms in total. The van der Waals surface area contributed by atoms with Gasteiger partial charge in [0.05, 0.1) is 22.3 Å². The van der Waals surface area contributed by atoms with Crippen LogP contribution in [0.15, 0.2) is 18.2 Å². The number of nitrogens with zero attached hydrogens (tertiary/aromatic N) is 3. The van der Waals surface area contributed by atoms with Crippen LogP contribution in [0, 0.1) is 0 Å². The maximum Gasteiger partial charge on any atom is 0.253 e. The van der Waals surface area contributed by atoms with Gasteiger partial charge in [-0.1, -0.05) is 22.9 Å². The van der Waals surface area contributed by atoms with E-state index in [4.69, 9.17) is 17.3 Å². The number of H-pyrrole nitrogens is 1. The smallest absolute Gasteiger partial charge is 0.253 e. The summed E-state index contributed by atoms with van der Waals surface area (Å²) >= 11 is 5.96. The molecule has 1 aromatic heterocycles. The number of aromatic amines is 1. The summed E-state index contributed by atoms with van der Waals surface area (Å²) in [6.45, 7) is 1.74. The predicted molar refractivity (Wildman–Crippen MR) is 65.9 cm³/mol. The van der Waals surface area contributed by atoms with E-state index in [1.807, 2.05) is 0 Å². The molecule has 94 valence electrons. The van der Waals surface area contributed by atoms with Crippen molar-refractivity contribution >= 4 is 23.2 Å². The zero-order chi connectivity index (χ0) is 13.1. The average molecular weight is 267 g/mol. The number of carbonyl (C=O) groups is 1. The zero-order valence-corrected chi connectivity index (χ0v) is 10.3. The third-order valence-corrected chi connectivity index (χ3v) is 2.79. The minimum absolute atomic E-state index is 0.232. The molecule has 0 bridgehead atoms. The maximum atomic E-state index is 12.0. The van der Waals surface area contributed by atoms with Crippen molar-refractivity contribution in [3.8, 4) is 0 Å². The lowest BCUT2D eigenvalue weighted by Gasteiger charge is -2.11. The molecular formula is C10H11ClN6O. The van der Waals surface area contributed by atoms with Crippen LogP contribution < -0.4 is 11.1 Å². The monoisotopic (exact) mass is 266 g/mol. The lowest BCUT2D eigenvalue weighted by atomic mass is 10.1. The molecular weight excluding hydrogens is 256 g/mol. The van der Waals surface area contributed by atoms with Crippen molar-refractivity contribution in [3.63, 3.8) is 0 Å². The van der Waals surface area contributed by atoms with Crippen molar-refractivity contribution < 1.29 is 4.79 Å². The van der Waals surface area contributed by atoms with Crippen LogP contribution in [-0.2, 0) is 0 Å². The molecule has 1 heterocycles. The summed E-state index contributed by atoms with van der Waals surface area (Å²) in [7, 11) is 0. The molecule has 0 aliphatic heterocycles. The SMILES string of the molecule is CC(NC(=O)c1cccc(N)c1Cl)c1nn[nH]n1. The van der Waals surface area contributed by atoms with E-state index in [0.717, 1.165) is 0 Å². The lowest BCUT2D eigenvalue weighted by Crippen LogP contribution is -2.27. The predicted octanol–water partition coefficient (Wildman–Crippen LogP) is 0.926. The Balaban J connectivity index is 2.15. The summed E-state index contributed by atoms with van der Waals surface area (Å²) in [5.41, 5.74) is 6.30. The Morgan fingerprint density at radius 1 is 1.56 bits per heavy atom. The highest BCUT2D eigenvalue weighted by Crippen LogP contribution is 2.23. The quantitative estimate of drug-likeness (QED) is 0.716. The van der Waals surface area contributed by atoms with E-state index in [9.17, 15) is 4.79 Å². The molecule has 0 radical (unpaired) electrons. The zero-order valence-electron chi connectivity index (χ0n) is 9.51. The van der Waals surface area contributed by atoms with Crippen molar-refractivity contribution in [2.45, 2.75) is 13.0 Å². The summed E-state index contributed by atoms with van der Waals surface area (Å²) in [5, 5.41) is 16.2. The van der Waals surface area contributed by atoms with Crippen molar-refractivity contribution in [1.82, 2.24) is 25.9 Å². The molecule has 1 amide bonds. The number of rotatable bonds is 3. The van der Waals surface area contributed by atoms with E-state index in [1.54, 1.807) is 25.1 Å². The van der Waals surface area contributed by atoms with Crippen LogP contribution in [0.4, 0.5) is 5.69 Å². The van der Waals surface area contributed by atoms with Gasteiger partial charge in [-0.2, -0.15) is 5.21 Å². The van der Waals surface area contributed by atoms with Gasteiger partial charge < -0.3 is 11.1 Å². The molecule has 0 aliphatic carbocycles. The molecule has 2 aromatic rings. The van der Waals surface area contributed by atoms with Crippen LogP contribution >= 0.6 is 11.6 Å². The van der Waals surface area contributed by atoms with Crippen LogP contribution in [0.2, 0.25) is 5.02 Å². The van der Waals surface area contributed by atoms with Crippen molar-refractivity contribution in [1.29, 1.82) is 0 Å². The van der Waals surface area contributed by atoms with Gasteiger partial charge in [-0.15, -0.1) is 10.2 Å². The van der Waals surface area contributed by atoms with Crippen LogP contribution in [0.3, 0.4) is 0 Å². The van der Waals surface area contributed by atoms with E-state index in [-0.39, 0.29) is 17.0 Å². The van der Waals surface area contributed by atoms with Gasteiger partial charge in [0, 0.05) is 0 Å². The Morgan fingerprint density at radius 3 is 3.00 bits per heavy atom. The topological polar surface area (TPSA) is 110 Å². The molecule has 0 spiro atoms. The minimum Gasteiger partial charge on any atom is -0.398 e. The second-order valence-electron chi connectivity index (χ2n) is 3.67. The first-order valence-corrected chi connectivity index (χ1v) is 5.55. The fourth-order valence-corrected chi connectivity index (χ4v) is 1.63. The first-order chi connectivity index (χ1) is 8.59. The van der Waals surface area contributed by atoms with Crippen molar-refractivity contribution in [2.75, 3.05) is 5.73 Å². The fourth-order valence-electron chi connectivity index (χ4n) is 1.42. The molecule has 1 aromatic carbocycles. The van der Waals surface area contributed by atoms with Crippen LogP contribution in [0.5, 0.6) is 0 Å². The summed E-state index contributed by atoms with van der Waals surface area (Å²) in [5.74, 6) is 0.0491. The van der Waals surface area contributed by atoms with Gasteiger partial charge >= 0.3 is 0 Å². The van der Waals surface area contributed by atoms with Crippen molar-refractivity contribution in [2.24, 2.45) is 0 Å². The van der Waals surface area contributed by atoms with Gasteiger partial charge in [-0.05, 0) is 19.1 Å². The second kappa shape index (κ2) is 5.01. The van der Waals surface area contributed by atoms with Crippen molar-refractivity contribution in [3.05, 3.63) is 34.6 Å². The molecule has 2 rings (SSSR count). The number of carbonyl (C=O) groups excluding carboxylic acids is 1. The lowest BCUT2D eigenvalue weighted by molar-refractivity contribution is 0.0938. The molecule has 18 heavy (non-hydrogen) atoms. The van der Waals surface area contributed by atoms with E-state index in [2.05, 4.69) is 25.9 Å². The van der Waals surface area contributed by atoms with E-state index < -0.39 is 0 Å². The van der Waals surface area contributed by atoms with Gasteiger partial charge in [0.25, 0.3) is 5.91 Å². The highest BCUT2D eigenvalue weighted by atomic mass is 35.5. The summed E-state index contributed by atoms with van der Waals surface area (Å²) in [6.07, 6.45) is 0. The number of hydrogen-bond acceptors (Lipinski definition) is 5. The molecule has 1 atom stereocenters. The van der Waals surface area contributed by atoms with Gasteiger partial charge in [-0.25, -0.2) is 0 Å². The van der Waals surface area contributed by atoms with Gasteiger partial charge in [0.1, 0.15) is 0 Å². The van der Waals surface area contributed by atoms with E-state index >= 15 is 0 Å². The van der Waals surface area contributed by atoms with Gasteiger partial charge in [0.15, 0.2) is 5.82 Å². The number of nitrogen functional groups attached to an aromatic ring is 1. The highest BCUT2D eigenvalue weighted by Gasteiger charge is 2.17. The number of anilines is 1. The molecule has 4 N–H and O–H groups in total. The Labute approximate surface area is 108 Å². The summed E-state index contributed by atoms with van der Waals surface area (Å²) in [6, 6.07) is 4.50.